The van der Waals surface area contributed by atoms with E-state index in [9.17, 15) is 12.8 Å². The summed E-state index contributed by atoms with van der Waals surface area (Å²) in [5.74, 6) is -0.531. The molecule has 140 valence electrons. The van der Waals surface area contributed by atoms with E-state index in [1.807, 2.05) is 31.2 Å². The van der Waals surface area contributed by atoms with Crippen molar-refractivity contribution < 1.29 is 17.5 Å². The quantitative estimate of drug-likeness (QED) is 0.835. The van der Waals surface area contributed by atoms with E-state index >= 15 is 0 Å². The van der Waals surface area contributed by atoms with E-state index in [1.165, 1.54) is 0 Å². The van der Waals surface area contributed by atoms with Crippen LogP contribution in [0, 0.1) is 12.7 Å². The number of aryl methyl sites for hydroxylation is 1. The molecule has 0 saturated heterocycles. The Kier molecular flexibility index (Phi) is 5.83. The topological polar surface area (TPSA) is 81.2 Å². The van der Waals surface area contributed by atoms with Crippen LogP contribution in [-0.4, -0.2) is 30.5 Å². The summed E-state index contributed by atoms with van der Waals surface area (Å²) in [6.45, 7) is 1.97. The van der Waals surface area contributed by atoms with E-state index in [4.69, 9.17) is 4.74 Å². The van der Waals surface area contributed by atoms with Crippen molar-refractivity contribution in [2.75, 3.05) is 0 Å². The Morgan fingerprint density at radius 2 is 1.73 bits per heavy atom. The first-order chi connectivity index (χ1) is 12.4. The van der Waals surface area contributed by atoms with Gasteiger partial charge in [0.1, 0.15) is 6.10 Å². The van der Waals surface area contributed by atoms with Gasteiger partial charge < -0.3 is 4.74 Å². The van der Waals surface area contributed by atoms with Crippen LogP contribution in [0.1, 0.15) is 36.8 Å². The summed E-state index contributed by atoms with van der Waals surface area (Å²) in [5, 5.41) is 0. The fourth-order valence-electron chi connectivity index (χ4n) is 3.01. The second kappa shape index (κ2) is 8.09. The molecule has 8 heteroatoms. The van der Waals surface area contributed by atoms with E-state index in [0.29, 0.717) is 25.7 Å². The lowest BCUT2D eigenvalue weighted by Crippen LogP contribution is -2.40. The lowest BCUT2D eigenvalue weighted by atomic mass is 9.94. The Balaban J connectivity index is 1.48. The second-order valence-corrected chi connectivity index (χ2v) is 8.39. The summed E-state index contributed by atoms with van der Waals surface area (Å²) in [5.41, 5.74) is 1.87. The van der Waals surface area contributed by atoms with Gasteiger partial charge in [-0.15, -0.1) is 0 Å². The largest absolute Gasteiger partial charge is 0.460 e. The summed E-state index contributed by atoms with van der Waals surface area (Å²) in [4.78, 5) is 7.57. The molecule has 0 amide bonds. The standard InChI is InChI=1S/C18H22FN3O3S/c1-13-2-4-14(5-3-13)12-26(23,24)22-16-6-8-17(9-7-16)25-18-20-10-15(19)11-21-18/h2-5,10-11,16-17,22H,6-9,12H2,1H3. The van der Waals surface area contributed by atoms with Crippen molar-refractivity contribution in [3.05, 3.63) is 53.6 Å². The SMILES string of the molecule is Cc1ccc(CS(=O)(=O)NC2CCC(Oc3ncc(F)cn3)CC2)cc1. The number of hydrogen-bond donors (Lipinski definition) is 1. The summed E-state index contributed by atoms with van der Waals surface area (Å²) in [6, 6.07) is 7.54. The van der Waals surface area contributed by atoms with E-state index < -0.39 is 15.8 Å². The van der Waals surface area contributed by atoms with Crippen LogP contribution >= 0.6 is 0 Å². The maximum absolute atomic E-state index is 12.8. The zero-order chi connectivity index (χ0) is 18.6. The van der Waals surface area contributed by atoms with Crippen molar-refractivity contribution in [2.24, 2.45) is 0 Å². The zero-order valence-corrected chi connectivity index (χ0v) is 15.4. The molecule has 0 aliphatic heterocycles. The van der Waals surface area contributed by atoms with Crippen molar-refractivity contribution in [1.82, 2.24) is 14.7 Å². The molecular formula is C18H22FN3O3S. The van der Waals surface area contributed by atoms with Crippen molar-refractivity contribution in [1.29, 1.82) is 0 Å². The maximum atomic E-state index is 12.8. The number of benzene rings is 1. The third-order valence-corrected chi connectivity index (χ3v) is 5.77. The van der Waals surface area contributed by atoms with Gasteiger partial charge in [0.25, 0.3) is 0 Å². The molecule has 0 bridgehead atoms. The normalized spacial score (nSPS) is 20.7. The zero-order valence-electron chi connectivity index (χ0n) is 14.6. The molecule has 1 saturated carbocycles. The number of nitrogens with one attached hydrogen (secondary N) is 1. The smallest absolute Gasteiger partial charge is 0.316 e. The van der Waals surface area contributed by atoms with E-state index in [0.717, 1.165) is 23.5 Å². The molecule has 1 aromatic carbocycles. The van der Waals surface area contributed by atoms with E-state index in [1.54, 1.807) is 0 Å². The molecule has 0 atom stereocenters. The Morgan fingerprint density at radius 1 is 1.12 bits per heavy atom. The molecule has 1 aliphatic carbocycles. The summed E-state index contributed by atoms with van der Waals surface area (Å²) in [6.07, 6.45) is 4.79. The van der Waals surface area contributed by atoms with Gasteiger partial charge in [-0.05, 0) is 38.2 Å². The number of halogens is 1. The van der Waals surface area contributed by atoms with Crippen molar-refractivity contribution >= 4 is 10.0 Å². The van der Waals surface area contributed by atoms with Crippen LogP contribution in [-0.2, 0) is 15.8 Å². The third kappa shape index (κ3) is 5.47. The lowest BCUT2D eigenvalue weighted by Gasteiger charge is -2.28. The minimum absolute atomic E-state index is 0.0207. The first-order valence-corrected chi connectivity index (χ1v) is 10.2. The highest BCUT2D eigenvalue weighted by atomic mass is 32.2. The van der Waals surface area contributed by atoms with Crippen LogP contribution in [0.5, 0.6) is 6.01 Å². The van der Waals surface area contributed by atoms with Gasteiger partial charge in [-0.2, -0.15) is 0 Å². The van der Waals surface area contributed by atoms with Crippen LogP contribution in [0.3, 0.4) is 0 Å². The Labute approximate surface area is 152 Å². The van der Waals surface area contributed by atoms with Crippen LogP contribution < -0.4 is 9.46 Å². The molecule has 1 heterocycles. The Bertz CT molecular complexity index is 818. The minimum atomic E-state index is -3.39. The lowest BCUT2D eigenvalue weighted by molar-refractivity contribution is 0.132. The van der Waals surface area contributed by atoms with Crippen LogP contribution in [0.2, 0.25) is 0 Å². The second-order valence-electron chi connectivity index (χ2n) is 6.64. The fourth-order valence-corrected chi connectivity index (χ4v) is 4.47. The molecule has 1 fully saturated rings. The molecule has 1 N–H and O–H groups in total. The van der Waals surface area contributed by atoms with Gasteiger partial charge in [-0.25, -0.2) is 27.5 Å². The van der Waals surface area contributed by atoms with E-state index in [-0.39, 0.29) is 23.9 Å². The Morgan fingerprint density at radius 3 is 2.35 bits per heavy atom. The molecular weight excluding hydrogens is 357 g/mol. The third-order valence-electron chi connectivity index (χ3n) is 4.37. The molecule has 0 spiro atoms. The van der Waals surface area contributed by atoms with Gasteiger partial charge in [0.15, 0.2) is 5.82 Å². The predicted molar refractivity (Wildman–Crippen MR) is 95.6 cm³/mol. The molecule has 2 aromatic rings. The summed E-state index contributed by atoms with van der Waals surface area (Å²) >= 11 is 0. The van der Waals surface area contributed by atoms with Gasteiger partial charge in [0.05, 0.1) is 18.1 Å². The van der Waals surface area contributed by atoms with E-state index in [2.05, 4.69) is 14.7 Å². The maximum Gasteiger partial charge on any atom is 0.316 e. The number of ether oxygens (including phenoxy) is 1. The fraction of sp³-hybridized carbons (Fsp3) is 0.444. The molecule has 1 aromatic heterocycles. The number of nitrogens with zero attached hydrogens (tertiary/aromatic N) is 2. The molecule has 6 nitrogen and oxygen atoms in total. The highest BCUT2D eigenvalue weighted by Gasteiger charge is 2.26. The molecule has 0 unspecified atom stereocenters. The average Bonchev–Trinajstić information content (AvgIpc) is 2.60. The highest BCUT2D eigenvalue weighted by molar-refractivity contribution is 7.88. The minimum Gasteiger partial charge on any atom is -0.460 e. The molecule has 0 radical (unpaired) electrons. The van der Waals surface area contributed by atoms with Crippen LogP contribution in [0.15, 0.2) is 36.7 Å². The van der Waals surface area contributed by atoms with Gasteiger partial charge in [-0.3, -0.25) is 0 Å². The molecule has 26 heavy (non-hydrogen) atoms. The summed E-state index contributed by atoms with van der Waals surface area (Å²) in [7, 11) is -3.39. The van der Waals surface area contributed by atoms with Crippen molar-refractivity contribution in [2.45, 2.75) is 50.5 Å². The first-order valence-electron chi connectivity index (χ1n) is 8.59. The number of aromatic nitrogens is 2. The number of hydrogen-bond acceptors (Lipinski definition) is 5. The number of rotatable bonds is 6. The number of sulfonamides is 1. The molecule has 1 aliphatic rings. The molecule has 3 rings (SSSR count). The first kappa shape index (κ1) is 18.7. The monoisotopic (exact) mass is 379 g/mol. The highest BCUT2D eigenvalue weighted by Crippen LogP contribution is 2.23. The van der Waals surface area contributed by atoms with Crippen LogP contribution in [0.25, 0.3) is 0 Å². The predicted octanol–water partition coefficient (Wildman–Crippen LogP) is 2.73. The summed E-state index contributed by atoms with van der Waals surface area (Å²) < 4.78 is 45.9. The van der Waals surface area contributed by atoms with Crippen molar-refractivity contribution in [3.8, 4) is 6.01 Å². The Hall–Kier alpha value is -2.06. The van der Waals surface area contributed by atoms with Crippen LogP contribution in [0.4, 0.5) is 4.39 Å². The van der Waals surface area contributed by atoms with Gasteiger partial charge in [0.2, 0.25) is 10.0 Å². The van der Waals surface area contributed by atoms with Gasteiger partial charge in [0, 0.05) is 6.04 Å². The van der Waals surface area contributed by atoms with Gasteiger partial charge >= 0.3 is 6.01 Å². The average molecular weight is 379 g/mol. The van der Waals surface area contributed by atoms with Crippen molar-refractivity contribution in [3.63, 3.8) is 0 Å². The van der Waals surface area contributed by atoms with Gasteiger partial charge in [-0.1, -0.05) is 29.8 Å².